The molecule has 0 aliphatic heterocycles. The highest BCUT2D eigenvalue weighted by Crippen LogP contribution is 2.28. The number of nitrogens with zero attached hydrogens (tertiary/aromatic N) is 3. The van der Waals surface area contributed by atoms with Gasteiger partial charge in [0.05, 0.1) is 4.85 Å². The summed E-state index contributed by atoms with van der Waals surface area (Å²) in [4.78, 5) is 0.550. The van der Waals surface area contributed by atoms with Gasteiger partial charge in [-0.1, -0.05) is 19.9 Å². The van der Waals surface area contributed by atoms with Crippen molar-refractivity contribution in [2.24, 2.45) is 11.5 Å². The van der Waals surface area contributed by atoms with E-state index >= 15 is 0 Å². The van der Waals surface area contributed by atoms with Gasteiger partial charge in [-0.3, -0.25) is 0 Å². The lowest BCUT2D eigenvalue weighted by atomic mass is 9.85. The van der Waals surface area contributed by atoms with Crippen molar-refractivity contribution in [2.45, 2.75) is 57.5 Å². The lowest BCUT2D eigenvalue weighted by molar-refractivity contribution is -0.686. The lowest BCUT2D eigenvalue weighted by Crippen LogP contribution is -2.56. The van der Waals surface area contributed by atoms with E-state index < -0.39 is 11.6 Å². The summed E-state index contributed by atoms with van der Waals surface area (Å²) in [6.45, 7) is 3.83. The molecule has 3 rings (SSSR count). The Kier molecular flexibility index (Phi) is 3.85. The van der Waals surface area contributed by atoms with E-state index in [1.807, 2.05) is 19.9 Å². The van der Waals surface area contributed by atoms with Crippen LogP contribution in [0.3, 0.4) is 0 Å². The van der Waals surface area contributed by atoms with Crippen molar-refractivity contribution >= 4 is 11.0 Å². The fourth-order valence-corrected chi connectivity index (χ4v) is 3.45. The molecular weight excluding hydrogens is 294 g/mol. The zero-order chi connectivity index (χ0) is 16.8. The number of aryl methyl sites for hydroxylation is 2. The van der Waals surface area contributed by atoms with Crippen LogP contribution in [0.25, 0.3) is 11.0 Å². The normalized spacial score (nSPS) is 15.8. The molecule has 2 aromatic rings. The van der Waals surface area contributed by atoms with Crippen LogP contribution in [-0.2, 0) is 12.8 Å². The average molecular weight is 317 g/mol. The maximum atomic E-state index is 12.8. The van der Waals surface area contributed by atoms with Gasteiger partial charge in [-0.15, -0.1) is 0 Å². The largest absolute Gasteiger partial charge is 0.710 e. The van der Waals surface area contributed by atoms with Crippen molar-refractivity contribution in [1.29, 1.82) is 0 Å². The second kappa shape index (κ2) is 5.58. The van der Waals surface area contributed by atoms with Crippen molar-refractivity contribution < 1.29 is 9.58 Å². The zero-order valence-corrected chi connectivity index (χ0v) is 13.6. The molecule has 23 heavy (non-hydrogen) atoms. The standard InChI is InChI=1S/C16H23N5O2/c1-3-16(18,4-2)14(17)15-19-21(23)13-11-7-5-6-10(11)8-9-12(13)20(15)22/h8-9,14H,3-7,17-18H2,1-2H3. The molecule has 0 spiro atoms. The Hall–Kier alpha value is -1.99. The van der Waals surface area contributed by atoms with Crippen molar-refractivity contribution in [3.8, 4) is 0 Å². The molecule has 1 heterocycles. The van der Waals surface area contributed by atoms with Gasteiger partial charge >= 0.3 is 11.3 Å². The van der Waals surface area contributed by atoms with Crippen molar-refractivity contribution in [2.75, 3.05) is 0 Å². The van der Waals surface area contributed by atoms with Gasteiger partial charge in [-0.05, 0) is 43.7 Å². The van der Waals surface area contributed by atoms with E-state index in [9.17, 15) is 10.4 Å². The Balaban J connectivity index is 2.22. The van der Waals surface area contributed by atoms with Gasteiger partial charge in [-0.2, -0.15) is 0 Å². The molecule has 1 unspecified atom stereocenters. The summed E-state index contributed by atoms with van der Waals surface area (Å²) < 4.78 is 0.680. The van der Waals surface area contributed by atoms with Crippen LogP contribution in [0.1, 0.15) is 56.1 Å². The van der Waals surface area contributed by atoms with E-state index in [2.05, 4.69) is 5.10 Å². The predicted octanol–water partition coefficient (Wildman–Crippen LogP) is 0.508. The lowest BCUT2D eigenvalue weighted by Gasteiger charge is -2.30. The highest BCUT2D eigenvalue weighted by molar-refractivity contribution is 5.74. The Morgan fingerprint density at radius 3 is 2.61 bits per heavy atom. The Morgan fingerprint density at radius 1 is 1.26 bits per heavy atom. The van der Waals surface area contributed by atoms with E-state index in [-0.39, 0.29) is 5.82 Å². The summed E-state index contributed by atoms with van der Waals surface area (Å²) in [5, 5.41) is 29.2. The molecule has 0 fully saturated rings. The molecule has 1 aromatic heterocycles. The van der Waals surface area contributed by atoms with Gasteiger partial charge < -0.3 is 21.9 Å². The fraction of sp³-hybridized carbons (Fsp3) is 0.562. The first-order valence-electron chi connectivity index (χ1n) is 8.15. The highest BCUT2D eigenvalue weighted by Gasteiger charge is 2.40. The number of rotatable bonds is 4. The van der Waals surface area contributed by atoms with Crippen LogP contribution in [0.2, 0.25) is 0 Å². The SMILES string of the molecule is CCC(N)(CC)C(N)c1n[n+]([O-])c2c3c(ccc2[n+]1[O-])CCC3. The Labute approximate surface area is 135 Å². The maximum Gasteiger partial charge on any atom is 0.395 e. The first kappa shape index (κ1) is 15.9. The van der Waals surface area contributed by atoms with E-state index in [4.69, 9.17) is 11.5 Å². The number of hydrogen-bond donors (Lipinski definition) is 2. The van der Waals surface area contributed by atoms with Gasteiger partial charge in [0.2, 0.25) is 10.6 Å². The predicted molar refractivity (Wildman–Crippen MR) is 86.1 cm³/mol. The van der Waals surface area contributed by atoms with Gasteiger partial charge in [-0.25, -0.2) is 4.73 Å². The van der Waals surface area contributed by atoms with Crippen molar-refractivity contribution in [3.05, 3.63) is 39.5 Å². The first-order chi connectivity index (χ1) is 10.9. The highest BCUT2D eigenvalue weighted by atomic mass is 16.5. The van der Waals surface area contributed by atoms with E-state index in [1.165, 1.54) is 0 Å². The number of aromatic nitrogens is 3. The van der Waals surface area contributed by atoms with Crippen LogP contribution in [0.4, 0.5) is 0 Å². The van der Waals surface area contributed by atoms with Gasteiger partial charge in [0.15, 0.2) is 0 Å². The molecule has 0 radical (unpaired) electrons. The molecule has 0 amide bonds. The summed E-state index contributed by atoms with van der Waals surface area (Å²) in [5.41, 5.74) is 14.5. The van der Waals surface area contributed by atoms with Crippen LogP contribution in [-0.4, -0.2) is 10.6 Å². The zero-order valence-electron chi connectivity index (χ0n) is 13.6. The maximum absolute atomic E-state index is 12.8. The van der Waals surface area contributed by atoms with Crippen LogP contribution in [0, 0.1) is 10.4 Å². The third-order valence-corrected chi connectivity index (χ3v) is 5.26. The van der Waals surface area contributed by atoms with E-state index in [1.54, 1.807) is 6.07 Å². The monoisotopic (exact) mass is 317 g/mol. The second-order valence-electron chi connectivity index (χ2n) is 6.37. The number of hydrogen-bond acceptors (Lipinski definition) is 5. The van der Waals surface area contributed by atoms with Gasteiger partial charge in [0, 0.05) is 11.1 Å². The molecule has 0 saturated heterocycles. The summed E-state index contributed by atoms with van der Waals surface area (Å²) >= 11 is 0. The molecule has 1 aromatic carbocycles. The third kappa shape index (κ3) is 2.31. The Bertz CT molecular complexity index is 758. The molecular formula is C16H23N5O2. The summed E-state index contributed by atoms with van der Waals surface area (Å²) in [6, 6.07) is 2.81. The van der Waals surface area contributed by atoms with Crippen LogP contribution >= 0.6 is 0 Å². The Morgan fingerprint density at radius 2 is 1.96 bits per heavy atom. The second-order valence-corrected chi connectivity index (χ2v) is 6.37. The summed E-state index contributed by atoms with van der Waals surface area (Å²) in [6.07, 6.45) is 3.91. The smallest absolute Gasteiger partial charge is 0.395 e. The van der Waals surface area contributed by atoms with Crippen molar-refractivity contribution in [3.63, 3.8) is 0 Å². The molecule has 4 N–H and O–H groups in total. The van der Waals surface area contributed by atoms with Crippen LogP contribution < -0.4 is 21.0 Å². The molecule has 124 valence electrons. The average Bonchev–Trinajstić information content (AvgIpc) is 3.04. The number of fused-ring (bicyclic) bond motifs is 3. The molecule has 1 aliphatic rings. The molecule has 7 nitrogen and oxygen atoms in total. The minimum absolute atomic E-state index is 0.0170. The number of nitrogens with two attached hydrogens (primary N) is 2. The van der Waals surface area contributed by atoms with Crippen LogP contribution in [0.5, 0.6) is 0 Å². The first-order valence-corrected chi connectivity index (χ1v) is 8.15. The summed E-state index contributed by atoms with van der Waals surface area (Å²) in [5.74, 6) is -0.0170. The molecule has 0 bridgehead atoms. The minimum atomic E-state index is -0.798. The molecule has 1 atom stereocenters. The van der Waals surface area contributed by atoms with Gasteiger partial charge in [0.1, 0.15) is 6.04 Å². The van der Waals surface area contributed by atoms with E-state index in [0.29, 0.717) is 33.5 Å². The third-order valence-electron chi connectivity index (χ3n) is 5.26. The fourth-order valence-electron chi connectivity index (χ4n) is 3.45. The quantitative estimate of drug-likeness (QED) is 0.629. The minimum Gasteiger partial charge on any atom is -0.710 e. The molecule has 1 aliphatic carbocycles. The molecule has 7 heteroatoms. The molecule has 0 saturated carbocycles. The number of benzene rings is 1. The topological polar surface area (TPSA) is 119 Å². The van der Waals surface area contributed by atoms with Crippen LogP contribution in [0.15, 0.2) is 12.1 Å². The van der Waals surface area contributed by atoms with Crippen molar-refractivity contribution in [1.82, 2.24) is 5.10 Å². The van der Waals surface area contributed by atoms with E-state index in [0.717, 1.165) is 30.4 Å². The van der Waals surface area contributed by atoms with Gasteiger partial charge in [0.25, 0.3) is 0 Å². The summed E-state index contributed by atoms with van der Waals surface area (Å²) in [7, 11) is 0.